The van der Waals surface area contributed by atoms with Gasteiger partial charge in [0.2, 0.25) is 0 Å². The van der Waals surface area contributed by atoms with Crippen molar-refractivity contribution < 1.29 is 0 Å². The summed E-state index contributed by atoms with van der Waals surface area (Å²) in [5, 5.41) is 15.3. The summed E-state index contributed by atoms with van der Waals surface area (Å²) in [6.45, 7) is 0. The van der Waals surface area contributed by atoms with Crippen molar-refractivity contribution >= 4 is 43.6 Å². The SMILES string of the molecule is N#Cc1cc(-n2c3ccccc3c3ccc(-c4nc(-c5ccccc5)nc(-c5ccccc5)n4)cc32)c(-c2ccncc2)c(-n2c3ccccc3c3ccc(-c4nc(-c5ccccc5)nc(-c5ccccc5)n4)cc32)c1. The lowest BCUT2D eigenvalue weighted by Crippen LogP contribution is -2.05. The van der Waals surface area contributed by atoms with Gasteiger partial charge in [-0.3, -0.25) is 4.98 Å². The molecule has 14 aromatic rings. The van der Waals surface area contributed by atoms with Gasteiger partial charge < -0.3 is 9.13 Å². The number of benzene rings is 9. The molecule has 76 heavy (non-hydrogen) atoms. The molecule has 0 bridgehead atoms. The standard InChI is InChI=1S/C66H40N10/c67-41-42-37-58(75-54-27-15-13-25-50(54)52-31-29-48(39-56(52)75)65-71-61(44-17-5-1-6-18-44)69-62(72-65)45-19-7-2-8-20-45)60(43-33-35-68-36-34-43)59(38-42)76-55-28-16-14-26-51(55)53-32-30-49(40-57(53)76)66-73-63(46-21-9-3-10-22-46)70-64(74-66)47-23-11-4-12-24-47/h1-40H. The molecule has 354 valence electrons. The van der Waals surface area contributed by atoms with E-state index in [4.69, 9.17) is 29.9 Å². The minimum Gasteiger partial charge on any atom is -0.308 e. The second-order valence-corrected chi connectivity index (χ2v) is 18.5. The van der Waals surface area contributed by atoms with Crippen molar-refractivity contribution in [1.29, 1.82) is 5.26 Å². The molecule has 5 aromatic heterocycles. The molecule has 0 amide bonds. The van der Waals surface area contributed by atoms with Gasteiger partial charge >= 0.3 is 0 Å². The van der Waals surface area contributed by atoms with Crippen molar-refractivity contribution in [1.82, 2.24) is 44.0 Å². The summed E-state index contributed by atoms with van der Waals surface area (Å²) < 4.78 is 4.57. The normalized spacial score (nSPS) is 11.4. The van der Waals surface area contributed by atoms with Crippen molar-refractivity contribution in [2.75, 3.05) is 0 Å². The molecule has 0 N–H and O–H groups in total. The summed E-state index contributed by atoms with van der Waals surface area (Å²) in [4.78, 5) is 35.0. The van der Waals surface area contributed by atoms with Gasteiger partial charge in [-0.25, -0.2) is 29.9 Å². The Bertz CT molecular complexity index is 4190. The van der Waals surface area contributed by atoms with Crippen LogP contribution in [0, 0.1) is 11.3 Å². The van der Waals surface area contributed by atoms with Crippen LogP contribution in [-0.2, 0) is 0 Å². The van der Waals surface area contributed by atoms with Gasteiger partial charge in [0.05, 0.1) is 45.1 Å². The molecule has 10 heteroatoms. The molecule has 0 aliphatic carbocycles. The van der Waals surface area contributed by atoms with Gasteiger partial charge in [0.15, 0.2) is 34.9 Å². The van der Waals surface area contributed by atoms with Crippen LogP contribution in [0.15, 0.2) is 243 Å². The van der Waals surface area contributed by atoms with E-state index < -0.39 is 0 Å². The minimum atomic E-state index is 0.488. The average molecular weight is 973 g/mol. The Kier molecular flexibility index (Phi) is 10.6. The lowest BCUT2D eigenvalue weighted by Gasteiger charge is -2.21. The van der Waals surface area contributed by atoms with Crippen LogP contribution >= 0.6 is 0 Å². The van der Waals surface area contributed by atoms with Crippen LogP contribution in [0.25, 0.3) is 134 Å². The van der Waals surface area contributed by atoms with Gasteiger partial charge in [0, 0.05) is 72.9 Å². The predicted octanol–water partition coefficient (Wildman–Crippen LogP) is 15.2. The maximum Gasteiger partial charge on any atom is 0.164 e. The Labute approximate surface area is 436 Å². The number of hydrogen-bond donors (Lipinski definition) is 0. The molecule has 9 aromatic carbocycles. The van der Waals surface area contributed by atoms with E-state index in [2.05, 4.69) is 105 Å². The maximum absolute atomic E-state index is 11.1. The van der Waals surface area contributed by atoms with Gasteiger partial charge in [-0.1, -0.05) is 182 Å². The van der Waals surface area contributed by atoms with Crippen molar-refractivity contribution in [2.24, 2.45) is 0 Å². The van der Waals surface area contributed by atoms with Crippen LogP contribution in [0.4, 0.5) is 0 Å². The van der Waals surface area contributed by atoms with Crippen LogP contribution in [-0.4, -0.2) is 44.0 Å². The Morgan fingerprint density at radius 1 is 0.289 bits per heavy atom. The molecule has 0 atom stereocenters. The Hall–Kier alpha value is -10.8. The van der Waals surface area contributed by atoms with Crippen LogP contribution in [0.5, 0.6) is 0 Å². The zero-order chi connectivity index (χ0) is 50.5. The van der Waals surface area contributed by atoms with Crippen molar-refractivity contribution in [2.45, 2.75) is 0 Å². The van der Waals surface area contributed by atoms with Crippen LogP contribution in [0.2, 0.25) is 0 Å². The van der Waals surface area contributed by atoms with Gasteiger partial charge in [-0.15, -0.1) is 0 Å². The number of hydrogen-bond acceptors (Lipinski definition) is 8. The molecule has 0 fully saturated rings. The predicted molar refractivity (Wildman–Crippen MR) is 302 cm³/mol. The molecule has 0 saturated carbocycles. The van der Waals surface area contributed by atoms with Gasteiger partial charge in [-0.2, -0.15) is 5.26 Å². The largest absolute Gasteiger partial charge is 0.308 e. The minimum absolute atomic E-state index is 0.488. The highest BCUT2D eigenvalue weighted by atomic mass is 15.1. The Morgan fingerprint density at radius 3 is 0.987 bits per heavy atom. The molecule has 0 spiro atoms. The fourth-order valence-corrected chi connectivity index (χ4v) is 10.5. The molecule has 0 saturated heterocycles. The van der Waals surface area contributed by atoms with E-state index >= 15 is 0 Å². The van der Waals surface area contributed by atoms with E-state index in [9.17, 15) is 5.26 Å². The third-order valence-corrected chi connectivity index (χ3v) is 13.9. The molecule has 14 rings (SSSR count). The Balaban J connectivity index is 1.03. The second-order valence-electron chi connectivity index (χ2n) is 18.5. The number of rotatable bonds is 9. The smallest absolute Gasteiger partial charge is 0.164 e. The molecule has 0 radical (unpaired) electrons. The molecule has 0 aliphatic rings. The highest BCUT2D eigenvalue weighted by Crippen LogP contribution is 2.44. The van der Waals surface area contributed by atoms with Crippen molar-refractivity contribution in [3.05, 3.63) is 248 Å². The zero-order valence-corrected chi connectivity index (χ0v) is 40.6. The summed E-state index contributed by atoms with van der Waals surface area (Å²) in [6, 6.07) is 80.4. The second kappa shape index (κ2) is 18.4. The quantitative estimate of drug-likeness (QED) is 0.140. The average Bonchev–Trinajstić information content (AvgIpc) is 4.12. The number of para-hydroxylation sites is 2. The van der Waals surface area contributed by atoms with E-state index in [1.807, 2.05) is 158 Å². The first kappa shape index (κ1) is 44.0. The van der Waals surface area contributed by atoms with Crippen molar-refractivity contribution in [3.63, 3.8) is 0 Å². The van der Waals surface area contributed by atoms with Gasteiger partial charge in [0.1, 0.15) is 0 Å². The van der Waals surface area contributed by atoms with Gasteiger partial charge in [0.25, 0.3) is 0 Å². The lowest BCUT2D eigenvalue weighted by molar-refractivity contribution is 1.07. The van der Waals surface area contributed by atoms with Crippen molar-refractivity contribution in [3.8, 4) is 96.9 Å². The number of fused-ring (bicyclic) bond motifs is 6. The fourth-order valence-electron chi connectivity index (χ4n) is 10.5. The highest BCUT2D eigenvalue weighted by molar-refractivity contribution is 6.13. The molecule has 0 unspecified atom stereocenters. The van der Waals surface area contributed by atoms with E-state index in [0.717, 1.165) is 99.5 Å². The number of aromatic nitrogens is 9. The molecular formula is C66H40N10. The number of nitriles is 1. The monoisotopic (exact) mass is 972 g/mol. The van der Waals surface area contributed by atoms with E-state index in [-0.39, 0.29) is 0 Å². The summed E-state index contributed by atoms with van der Waals surface area (Å²) in [7, 11) is 0. The molecule has 0 aliphatic heterocycles. The first-order chi connectivity index (χ1) is 37.6. The van der Waals surface area contributed by atoms with E-state index in [0.29, 0.717) is 40.5 Å². The van der Waals surface area contributed by atoms with Crippen LogP contribution in [0.1, 0.15) is 5.56 Å². The third kappa shape index (κ3) is 7.63. The highest BCUT2D eigenvalue weighted by Gasteiger charge is 2.25. The zero-order valence-electron chi connectivity index (χ0n) is 40.6. The van der Waals surface area contributed by atoms with Crippen LogP contribution in [0.3, 0.4) is 0 Å². The first-order valence-corrected chi connectivity index (χ1v) is 24.9. The third-order valence-electron chi connectivity index (χ3n) is 13.9. The summed E-state index contributed by atoms with van der Waals surface area (Å²) in [5.74, 6) is 3.39. The molecule has 5 heterocycles. The summed E-state index contributed by atoms with van der Waals surface area (Å²) >= 11 is 0. The molecule has 10 nitrogen and oxygen atoms in total. The van der Waals surface area contributed by atoms with Gasteiger partial charge in [-0.05, 0) is 54.1 Å². The Morgan fingerprint density at radius 2 is 0.618 bits per heavy atom. The number of pyridine rings is 1. The number of nitrogens with zero attached hydrogens (tertiary/aromatic N) is 10. The van der Waals surface area contributed by atoms with Crippen LogP contribution < -0.4 is 0 Å². The maximum atomic E-state index is 11.1. The lowest BCUT2D eigenvalue weighted by atomic mass is 9.98. The summed E-state index contributed by atoms with van der Waals surface area (Å²) in [6.07, 6.45) is 3.64. The summed E-state index contributed by atoms with van der Waals surface area (Å²) in [5.41, 5.74) is 12.9. The van der Waals surface area contributed by atoms with E-state index in [1.165, 1.54) is 0 Å². The molecular weight excluding hydrogens is 933 g/mol. The topological polar surface area (TPSA) is 124 Å². The first-order valence-electron chi connectivity index (χ1n) is 24.9. The van der Waals surface area contributed by atoms with E-state index in [1.54, 1.807) is 0 Å². The fraction of sp³-hybridized carbons (Fsp3) is 0.